The number of carbonyl (C=O) groups excluding carboxylic acids is 2. The lowest BCUT2D eigenvalue weighted by atomic mass is 10.2. The molecular formula is C21H22N2O4S. The lowest BCUT2D eigenvalue weighted by Gasteiger charge is -2.10. The molecule has 0 saturated carbocycles. The Bertz CT molecular complexity index is 860. The van der Waals surface area contributed by atoms with E-state index in [0.717, 1.165) is 35.1 Å². The highest BCUT2D eigenvalue weighted by Gasteiger charge is 2.12. The van der Waals surface area contributed by atoms with Crippen LogP contribution in [0.1, 0.15) is 35.7 Å². The fourth-order valence-corrected chi connectivity index (χ4v) is 2.79. The molecule has 0 heterocycles. The van der Waals surface area contributed by atoms with Gasteiger partial charge >= 0.3 is 5.97 Å². The minimum atomic E-state index is -0.576. The van der Waals surface area contributed by atoms with Gasteiger partial charge in [-0.25, -0.2) is 4.79 Å². The Morgan fingerprint density at radius 1 is 1.18 bits per heavy atom. The van der Waals surface area contributed by atoms with Crippen molar-refractivity contribution in [2.75, 3.05) is 18.5 Å². The molecule has 0 saturated heterocycles. The van der Waals surface area contributed by atoms with Gasteiger partial charge in [0.1, 0.15) is 11.2 Å². The molecule has 1 N–H and O–H groups in total. The first kappa shape index (κ1) is 21.3. The number of nitrogens with one attached hydrogen (secondary N) is 1. The van der Waals surface area contributed by atoms with Gasteiger partial charge < -0.3 is 14.8 Å². The lowest BCUT2D eigenvalue weighted by Crippen LogP contribution is -2.21. The van der Waals surface area contributed by atoms with E-state index in [-0.39, 0.29) is 6.61 Å². The van der Waals surface area contributed by atoms with Crippen molar-refractivity contribution in [3.8, 4) is 11.2 Å². The quantitative estimate of drug-likeness (QED) is 0.289. The zero-order chi connectivity index (χ0) is 20.4. The molecule has 0 aliphatic carbocycles. The minimum absolute atomic E-state index is 0.352. The summed E-state index contributed by atoms with van der Waals surface area (Å²) in [6.45, 7) is 4.16. The Balaban J connectivity index is 1.83. The number of nitriles is 1. The molecule has 28 heavy (non-hydrogen) atoms. The van der Waals surface area contributed by atoms with E-state index in [0.29, 0.717) is 23.6 Å². The van der Waals surface area contributed by atoms with Crippen LogP contribution in [0.5, 0.6) is 5.75 Å². The van der Waals surface area contributed by atoms with Crippen LogP contribution in [0.3, 0.4) is 0 Å². The number of rotatable bonds is 9. The van der Waals surface area contributed by atoms with Gasteiger partial charge in [-0.3, -0.25) is 4.79 Å². The molecule has 0 spiro atoms. The third-order valence-electron chi connectivity index (χ3n) is 3.83. The molecular weight excluding hydrogens is 376 g/mol. The average molecular weight is 398 g/mol. The van der Waals surface area contributed by atoms with Crippen molar-refractivity contribution in [3.05, 3.63) is 53.6 Å². The molecule has 1 amide bonds. The van der Waals surface area contributed by atoms with E-state index in [4.69, 9.17) is 14.7 Å². The number of nitrogens with zero attached hydrogens (tertiary/aromatic N) is 1. The van der Waals surface area contributed by atoms with E-state index in [1.807, 2.05) is 12.3 Å². The molecule has 0 unspecified atom stereocenters. The van der Waals surface area contributed by atoms with E-state index in [9.17, 15) is 9.59 Å². The van der Waals surface area contributed by atoms with Gasteiger partial charge in [0, 0.05) is 10.6 Å². The molecule has 146 valence electrons. The first-order chi connectivity index (χ1) is 13.5. The fraction of sp³-hybridized carbons (Fsp3) is 0.286. The summed E-state index contributed by atoms with van der Waals surface area (Å²) in [5, 5.41) is 13.4. The second-order valence-corrected chi connectivity index (χ2v) is 6.88. The third-order valence-corrected chi connectivity index (χ3v) is 4.41. The highest BCUT2D eigenvalue weighted by Crippen LogP contribution is 2.23. The zero-order valence-electron chi connectivity index (χ0n) is 15.9. The summed E-state index contributed by atoms with van der Waals surface area (Å²) in [4.78, 5) is 24.9. The van der Waals surface area contributed by atoms with Crippen LogP contribution in [0.4, 0.5) is 5.69 Å². The Morgan fingerprint density at radius 2 is 1.93 bits per heavy atom. The van der Waals surface area contributed by atoms with E-state index < -0.39 is 11.9 Å². The van der Waals surface area contributed by atoms with E-state index in [1.165, 1.54) is 0 Å². The van der Waals surface area contributed by atoms with Crippen LogP contribution in [-0.4, -0.2) is 25.1 Å². The third kappa shape index (κ3) is 6.63. The number of benzene rings is 2. The van der Waals surface area contributed by atoms with Crippen molar-refractivity contribution >= 4 is 29.3 Å². The number of carbonyl (C=O) groups is 2. The largest absolute Gasteiger partial charge is 0.494 e. The molecule has 6 nitrogen and oxygen atoms in total. The Kier molecular flexibility index (Phi) is 8.37. The number of ether oxygens (including phenoxy) is 2. The van der Waals surface area contributed by atoms with Crippen molar-refractivity contribution in [1.82, 2.24) is 0 Å². The summed E-state index contributed by atoms with van der Waals surface area (Å²) in [5.41, 5.74) is 1.78. The SMILES string of the molecule is CCCCOc1ccc(C(=O)OCC(=O)Nc2ccc(SC#N)cc2C)cc1. The van der Waals surface area contributed by atoms with Crippen molar-refractivity contribution in [1.29, 1.82) is 5.26 Å². The van der Waals surface area contributed by atoms with Crippen LogP contribution in [-0.2, 0) is 9.53 Å². The molecule has 2 rings (SSSR count). The van der Waals surface area contributed by atoms with Crippen LogP contribution in [0.2, 0.25) is 0 Å². The van der Waals surface area contributed by atoms with E-state index >= 15 is 0 Å². The Morgan fingerprint density at radius 3 is 2.57 bits per heavy atom. The number of anilines is 1. The molecule has 0 aromatic heterocycles. The van der Waals surface area contributed by atoms with Gasteiger partial charge in [-0.2, -0.15) is 5.26 Å². The molecule has 0 radical (unpaired) electrons. The maximum absolute atomic E-state index is 12.1. The van der Waals surface area contributed by atoms with Gasteiger partial charge in [-0.1, -0.05) is 13.3 Å². The zero-order valence-corrected chi connectivity index (χ0v) is 16.7. The predicted molar refractivity (Wildman–Crippen MR) is 108 cm³/mol. The average Bonchev–Trinajstić information content (AvgIpc) is 2.69. The highest BCUT2D eigenvalue weighted by atomic mass is 32.2. The van der Waals surface area contributed by atoms with Crippen molar-refractivity contribution in [2.45, 2.75) is 31.6 Å². The summed E-state index contributed by atoms with van der Waals surface area (Å²) in [7, 11) is 0. The first-order valence-corrected chi connectivity index (χ1v) is 9.71. The number of amides is 1. The summed E-state index contributed by atoms with van der Waals surface area (Å²) >= 11 is 1.05. The van der Waals surface area contributed by atoms with E-state index in [1.54, 1.807) is 42.5 Å². The molecule has 0 aliphatic heterocycles. The molecule has 0 aliphatic rings. The second kappa shape index (κ2) is 11.0. The minimum Gasteiger partial charge on any atom is -0.494 e. The molecule has 0 fully saturated rings. The Labute approximate surface area is 168 Å². The topological polar surface area (TPSA) is 88.4 Å². The second-order valence-electron chi connectivity index (χ2n) is 6.02. The maximum atomic E-state index is 12.1. The monoisotopic (exact) mass is 398 g/mol. The molecule has 2 aromatic rings. The summed E-state index contributed by atoms with van der Waals surface area (Å²) in [6, 6.07) is 11.9. The summed E-state index contributed by atoms with van der Waals surface area (Å²) in [6.07, 6.45) is 2.02. The van der Waals surface area contributed by atoms with Crippen LogP contribution < -0.4 is 10.1 Å². The Hall–Kier alpha value is -2.98. The number of aryl methyl sites for hydroxylation is 1. The van der Waals surface area contributed by atoms with Crippen LogP contribution in [0.15, 0.2) is 47.4 Å². The van der Waals surface area contributed by atoms with Crippen molar-refractivity contribution in [3.63, 3.8) is 0 Å². The number of unbranched alkanes of at least 4 members (excludes halogenated alkanes) is 1. The van der Waals surface area contributed by atoms with Crippen LogP contribution in [0.25, 0.3) is 0 Å². The van der Waals surface area contributed by atoms with Gasteiger partial charge in [0.05, 0.1) is 12.2 Å². The number of esters is 1. The number of hydrogen-bond donors (Lipinski definition) is 1. The highest BCUT2D eigenvalue weighted by molar-refractivity contribution is 8.03. The van der Waals surface area contributed by atoms with Crippen LogP contribution in [0, 0.1) is 17.6 Å². The number of thiocyanates is 1. The van der Waals surface area contributed by atoms with Gasteiger partial charge in [-0.05, 0) is 73.1 Å². The normalized spacial score (nSPS) is 10.0. The summed E-state index contributed by atoms with van der Waals surface area (Å²) < 4.78 is 10.6. The smallest absolute Gasteiger partial charge is 0.338 e. The van der Waals surface area contributed by atoms with E-state index in [2.05, 4.69) is 12.2 Å². The molecule has 7 heteroatoms. The lowest BCUT2D eigenvalue weighted by molar-refractivity contribution is -0.119. The number of hydrogen-bond acceptors (Lipinski definition) is 6. The first-order valence-electron chi connectivity index (χ1n) is 8.90. The molecule has 0 atom stereocenters. The van der Waals surface area contributed by atoms with Crippen molar-refractivity contribution < 1.29 is 19.1 Å². The van der Waals surface area contributed by atoms with Crippen LogP contribution >= 0.6 is 11.8 Å². The summed E-state index contributed by atoms with van der Waals surface area (Å²) in [5.74, 6) is -0.319. The molecule has 0 bridgehead atoms. The standard InChI is InChI=1S/C21H22N2O4S/c1-3-4-11-26-17-7-5-16(6-8-17)21(25)27-13-20(24)23-19-10-9-18(28-14-22)12-15(19)2/h5-10,12H,3-4,11,13H2,1-2H3,(H,23,24). The van der Waals surface area contributed by atoms with Gasteiger partial charge in [0.15, 0.2) is 6.61 Å². The van der Waals surface area contributed by atoms with Gasteiger partial charge in [-0.15, -0.1) is 0 Å². The van der Waals surface area contributed by atoms with Gasteiger partial charge in [0.2, 0.25) is 0 Å². The van der Waals surface area contributed by atoms with Gasteiger partial charge in [0.25, 0.3) is 5.91 Å². The fourth-order valence-electron chi connectivity index (χ4n) is 2.31. The predicted octanol–water partition coefficient (Wildman–Crippen LogP) is 4.54. The molecule has 2 aromatic carbocycles. The maximum Gasteiger partial charge on any atom is 0.338 e. The number of thioether (sulfide) groups is 1. The van der Waals surface area contributed by atoms with Crippen molar-refractivity contribution in [2.24, 2.45) is 0 Å².